The van der Waals surface area contributed by atoms with Crippen molar-refractivity contribution < 1.29 is 12.8 Å². The predicted molar refractivity (Wildman–Crippen MR) is 64.8 cm³/mol. The fraction of sp³-hybridized carbons (Fsp3) is 0.455. The number of benzene rings is 1. The molecule has 1 aromatic rings. The summed E-state index contributed by atoms with van der Waals surface area (Å²) in [4.78, 5) is 0.100. The Hall–Kier alpha value is -0.980. The van der Waals surface area contributed by atoms with Crippen LogP contribution in [0.25, 0.3) is 0 Å². The highest BCUT2D eigenvalue weighted by atomic mass is 32.2. The summed E-state index contributed by atoms with van der Waals surface area (Å²) >= 11 is 0. The third-order valence-electron chi connectivity index (χ3n) is 2.32. The van der Waals surface area contributed by atoms with Crippen LogP contribution in [0.5, 0.6) is 0 Å². The molecular weight excluding hydrogens is 243 g/mol. The molecule has 0 amide bonds. The lowest BCUT2D eigenvalue weighted by Gasteiger charge is -2.10. The maximum absolute atomic E-state index is 13.7. The lowest BCUT2D eigenvalue weighted by molar-refractivity contribution is 0.577. The summed E-state index contributed by atoms with van der Waals surface area (Å²) in [6, 6.07) is 2.70. The molecule has 2 N–H and O–H groups in total. The Labute approximate surface area is 101 Å². The van der Waals surface area contributed by atoms with Crippen LogP contribution in [0.3, 0.4) is 0 Å². The maximum Gasteiger partial charge on any atom is 0.240 e. The topological polar surface area (TPSA) is 58.2 Å². The molecule has 0 fully saturated rings. The van der Waals surface area contributed by atoms with E-state index in [2.05, 4.69) is 10.0 Å². The van der Waals surface area contributed by atoms with Crippen molar-refractivity contribution in [1.82, 2.24) is 10.0 Å². The van der Waals surface area contributed by atoms with Gasteiger partial charge in [-0.05, 0) is 31.7 Å². The minimum absolute atomic E-state index is 0.100. The van der Waals surface area contributed by atoms with Gasteiger partial charge in [0.15, 0.2) is 0 Å². The van der Waals surface area contributed by atoms with Gasteiger partial charge in [-0.15, -0.1) is 0 Å². The van der Waals surface area contributed by atoms with Crippen molar-refractivity contribution >= 4 is 10.0 Å². The van der Waals surface area contributed by atoms with Gasteiger partial charge in [0.05, 0.1) is 4.90 Å². The monoisotopic (exact) mass is 260 g/mol. The number of nitrogens with one attached hydrogen (secondary N) is 2. The Kier molecular flexibility index (Phi) is 4.62. The van der Waals surface area contributed by atoms with Gasteiger partial charge in [-0.3, -0.25) is 0 Å². The van der Waals surface area contributed by atoms with Gasteiger partial charge in [-0.2, -0.15) is 0 Å². The van der Waals surface area contributed by atoms with Crippen LogP contribution >= 0.6 is 0 Å². The molecule has 4 nitrogen and oxygen atoms in total. The molecule has 1 aromatic carbocycles. The Morgan fingerprint density at radius 2 is 2.00 bits per heavy atom. The van der Waals surface area contributed by atoms with Crippen LogP contribution in [-0.4, -0.2) is 22.0 Å². The van der Waals surface area contributed by atoms with Crippen LogP contribution in [-0.2, 0) is 16.6 Å². The average Bonchev–Trinajstić information content (AvgIpc) is 2.24. The molecule has 0 aliphatic heterocycles. The minimum Gasteiger partial charge on any atom is -0.316 e. The standard InChI is InChI=1S/C11H17FN2O2S/c1-4-14-17(15,16)10-5-8(2)11(12)9(6-10)7-13-3/h5-6,13-14H,4,7H2,1-3H3. The van der Waals surface area contributed by atoms with Crippen LogP contribution in [0.1, 0.15) is 18.1 Å². The lowest BCUT2D eigenvalue weighted by Crippen LogP contribution is -2.23. The SMILES string of the molecule is CCNS(=O)(=O)c1cc(C)c(F)c(CNC)c1. The Morgan fingerprint density at radius 1 is 1.35 bits per heavy atom. The highest BCUT2D eigenvalue weighted by molar-refractivity contribution is 7.89. The van der Waals surface area contributed by atoms with Crippen molar-refractivity contribution in [3.63, 3.8) is 0 Å². The van der Waals surface area contributed by atoms with E-state index < -0.39 is 10.0 Å². The second-order valence-corrected chi connectivity index (χ2v) is 5.51. The minimum atomic E-state index is -3.53. The van der Waals surface area contributed by atoms with E-state index in [9.17, 15) is 12.8 Å². The van der Waals surface area contributed by atoms with Crippen molar-refractivity contribution in [2.75, 3.05) is 13.6 Å². The highest BCUT2D eigenvalue weighted by Crippen LogP contribution is 2.19. The molecular formula is C11H17FN2O2S. The molecule has 0 saturated heterocycles. The van der Waals surface area contributed by atoms with Crippen molar-refractivity contribution in [3.8, 4) is 0 Å². The highest BCUT2D eigenvalue weighted by Gasteiger charge is 2.16. The van der Waals surface area contributed by atoms with Crippen LogP contribution in [0.4, 0.5) is 4.39 Å². The summed E-state index contributed by atoms with van der Waals surface area (Å²) < 4.78 is 39.7. The van der Waals surface area contributed by atoms with Crippen molar-refractivity contribution in [1.29, 1.82) is 0 Å². The fourth-order valence-electron chi connectivity index (χ4n) is 1.55. The molecule has 0 unspecified atom stereocenters. The summed E-state index contributed by atoms with van der Waals surface area (Å²) in [5.74, 6) is -0.366. The number of aryl methyl sites for hydroxylation is 1. The van der Waals surface area contributed by atoms with E-state index in [4.69, 9.17) is 0 Å². The molecule has 0 bridgehead atoms. The van der Waals surface area contributed by atoms with E-state index in [0.717, 1.165) is 0 Å². The molecule has 0 atom stereocenters. The van der Waals surface area contributed by atoms with Gasteiger partial charge in [-0.1, -0.05) is 6.92 Å². The molecule has 17 heavy (non-hydrogen) atoms. The van der Waals surface area contributed by atoms with E-state index in [1.165, 1.54) is 12.1 Å². The first-order chi connectivity index (χ1) is 7.92. The fourth-order valence-corrected chi connectivity index (χ4v) is 2.73. The predicted octanol–water partition coefficient (Wildman–Crippen LogP) is 1.15. The lowest BCUT2D eigenvalue weighted by atomic mass is 10.1. The van der Waals surface area contributed by atoms with Crippen molar-refractivity contribution in [2.45, 2.75) is 25.3 Å². The molecule has 0 saturated carbocycles. The first-order valence-electron chi connectivity index (χ1n) is 5.35. The van der Waals surface area contributed by atoms with Gasteiger partial charge in [0.1, 0.15) is 5.82 Å². The summed E-state index contributed by atoms with van der Waals surface area (Å²) in [6.45, 7) is 3.85. The summed E-state index contributed by atoms with van der Waals surface area (Å²) in [5.41, 5.74) is 0.679. The van der Waals surface area contributed by atoms with E-state index in [1.807, 2.05) is 0 Å². The Balaban J connectivity index is 3.28. The van der Waals surface area contributed by atoms with Gasteiger partial charge < -0.3 is 5.32 Å². The summed E-state index contributed by atoms with van der Waals surface area (Å²) in [5, 5.41) is 2.81. The second-order valence-electron chi connectivity index (χ2n) is 3.74. The normalized spacial score (nSPS) is 11.8. The molecule has 0 radical (unpaired) electrons. The smallest absolute Gasteiger partial charge is 0.240 e. The first kappa shape index (κ1) is 14.1. The van der Waals surface area contributed by atoms with Crippen LogP contribution in [0.15, 0.2) is 17.0 Å². The van der Waals surface area contributed by atoms with Gasteiger partial charge >= 0.3 is 0 Å². The largest absolute Gasteiger partial charge is 0.316 e. The van der Waals surface area contributed by atoms with E-state index in [-0.39, 0.29) is 10.7 Å². The third kappa shape index (κ3) is 3.24. The zero-order chi connectivity index (χ0) is 13.1. The third-order valence-corrected chi connectivity index (χ3v) is 3.84. The molecule has 0 aliphatic carbocycles. The van der Waals surface area contributed by atoms with Gasteiger partial charge in [0.2, 0.25) is 10.0 Å². The van der Waals surface area contributed by atoms with Crippen LogP contribution in [0.2, 0.25) is 0 Å². The van der Waals surface area contributed by atoms with E-state index in [0.29, 0.717) is 24.2 Å². The van der Waals surface area contributed by atoms with Crippen LogP contribution in [0, 0.1) is 12.7 Å². The Bertz CT molecular complexity index is 500. The molecule has 96 valence electrons. The maximum atomic E-state index is 13.7. The Morgan fingerprint density at radius 3 is 2.53 bits per heavy atom. The van der Waals surface area contributed by atoms with Crippen LogP contribution < -0.4 is 10.0 Å². The molecule has 0 aliphatic rings. The number of hydrogen-bond donors (Lipinski definition) is 2. The first-order valence-corrected chi connectivity index (χ1v) is 6.84. The molecule has 6 heteroatoms. The second kappa shape index (κ2) is 5.57. The summed E-state index contributed by atoms with van der Waals surface area (Å²) in [7, 11) is -1.85. The molecule has 1 rings (SSSR count). The number of halogens is 1. The number of sulfonamides is 1. The van der Waals surface area contributed by atoms with E-state index in [1.54, 1.807) is 20.9 Å². The molecule has 0 spiro atoms. The average molecular weight is 260 g/mol. The van der Waals surface area contributed by atoms with Gasteiger partial charge in [-0.25, -0.2) is 17.5 Å². The molecule has 0 aromatic heterocycles. The van der Waals surface area contributed by atoms with Crippen molar-refractivity contribution in [3.05, 3.63) is 29.1 Å². The molecule has 0 heterocycles. The quantitative estimate of drug-likeness (QED) is 0.835. The van der Waals surface area contributed by atoms with Crippen molar-refractivity contribution in [2.24, 2.45) is 0 Å². The summed E-state index contributed by atoms with van der Waals surface area (Å²) in [6.07, 6.45) is 0. The number of hydrogen-bond acceptors (Lipinski definition) is 3. The number of rotatable bonds is 5. The van der Waals surface area contributed by atoms with E-state index >= 15 is 0 Å². The zero-order valence-electron chi connectivity index (χ0n) is 10.2. The van der Waals surface area contributed by atoms with Gasteiger partial charge in [0, 0.05) is 18.7 Å². The zero-order valence-corrected chi connectivity index (χ0v) is 11.0. The van der Waals surface area contributed by atoms with Gasteiger partial charge in [0.25, 0.3) is 0 Å².